The van der Waals surface area contributed by atoms with Crippen molar-refractivity contribution in [3.63, 3.8) is 0 Å². The zero-order chi connectivity index (χ0) is 21.2. The number of nitrogens with one attached hydrogen (secondary N) is 3. The van der Waals surface area contributed by atoms with E-state index in [1.807, 2.05) is 25.1 Å². The molecule has 0 saturated carbocycles. The van der Waals surface area contributed by atoms with Gasteiger partial charge in [-0.2, -0.15) is 4.98 Å². The molecular formula is C22H22N6O3. The highest BCUT2D eigenvalue weighted by atomic mass is 16.5. The molecule has 3 N–H and O–H groups in total. The summed E-state index contributed by atoms with van der Waals surface area (Å²) in [7, 11) is 0. The summed E-state index contributed by atoms with van der Waals surface area (Å²) in [5, 5.41) is 6.53. The molecule has 1 aliphatic heterocycles. The number of benzene rings is 2. The molecule has 2 aromatic carbocycles. The van der Waals surface area contributed by atoms with E-state index in [1.54, 1.807) is 18.3 Å². The maximum absolute atomic E-state index is 11.4. The molecule has 0 atom stereocenters. The molecule has 158 valence electrons. The predicted molar refractivity (Wildman–Crippen MR) is 120 cm³/mol. The SMILES string of the molecule is Cc1cnc(Nc2ccc(N3CCOCC3)cc2)nc1Nc1ccc2oc(=O)[nH]c2c1. The van der Waals surface area contributed by atoms with Gasteiger partial charge in [-0.05, 0) is 49.4 Å². The van der Waals surface area contributed by atoms with E-state index in [-0.39, 0.29) is 0 Å². The Morgan fingerprint density at radius 2 is 1.81 bits per heavy atom. The summed E-state index contributed by atoms with van der Waals surface area (Å²) in [6, 6.07) is 13.6. The van der Waals surface area contributed by atoms with Crippen molar-refractivity contribution < 1.29 is 9.15 Å². The van der Waals surface area contributed by atoms with Gasteiger partial charge < -0.3 is 24.7 Å². The van der Waals surface area contributed by atoms with Gasteiger partial charge in [0, 0.05) is 41.9 Å². The summed E-state index contributed by atoms with van der Waals surface area (Å²) in [5.41, 5.74) is 4.90. The molecule has 0 radical (unpaired) electrons. The number of aromatic amines is 1. The van der Waals surface area contributed by atoms with Crippen molar-refractivity contribution >= 4 is 39.9 Å². The minimum absolute atomic E-state index is 0.475. The van der Waals surface area contributed by atoms with Crippen molar-refractivity contribution in [2.45, 2.75) is 6.92 Å². The van der Waals surface area contributed by atoms with E-state index in [9.17, 15) is 4.79 Å². The van der Waals surface area contributed by atoms with E-state index in [0.717, 1.165) is 43.2 Å². The Morgan fingerprint density at radius 1 is 1.03 bits per heavy atom. The molecule has 0 spiro atoms. The van der Waals surface area contributed by atoms with Crippen molar-refractivity contribution in [3.8, 4) is 0 Å². The van der Waals surface area contributed by atoms with Crippen LogP contribution in [0.2, 0.25) is 0 Å². The summed E-state index contributed by atoms with van der Waals surface area (Å²) < 4.78 is 10.5. The van der Waals surface area contributed by atoms with Crippen LogP contribution in [0.15, 0.2) is 57.9 Å². The second-order valence-electron chi connectivity index (χ2n) is 7.35. The van der Waals surface area contributed by atoms with Crippen molar-refractivity contribution in [1.29, 1.82) is 0 Å². The van der Waals surface area contributed by atoms with E-state index < -0.39 is 5.76 Å². The van der Waals surface area contributed by atoms with E-state index in [0.29, 0.717) is 22.9 Å². The highest BCUT2D eigenvalue weighted by molar-refractivity contribution is 5.78. The number of oxazole rings is 1. The minimum Gasteiger partial charge on any atom is -0.408 e. The van der Waals surface area contributed by atoms with Crippen LogP contribution in [0, 0.1) is 6.92 Å². The molecule has 1 saturated heterocycles. The number of morpholine rings is 1. The number of H-pyrrole nitrogens is 1. The predicted octanol–water partition coefficient (Wildman–Crippen LogP) is 3.54. The smallest absolute Gasteiger partial charge is 0.408 e. The summed E-state index contributed by atoms with van der Waals surface area (Å²) in [4.78, 5) is 25.3. The first-order valence-electron chi connectivity index (χ1n) is 10.1. The Bertz CT molecular complexity index is 1260. The fraction of sp³-hybridized carbons (Fsp3) is 0.227. The molecule has 1 fully saturated rings. The van der Waals surface area contributed by atoms with Crippen molar-refractivity contribution in [3.05, 3.63) is 64.8 Å². The average molecular weight is 418 g/mol. The lowest BCUT2D eigenvalue weighted by atomic mass is 10.2. The molecule has 31 heavy (non-hydrogen) atoms. The van der Waals surface area contributed by atoms with Gasteiger partial charge in [-0.1, -0.05) is 0 Å². The highest BCUT2D eigenvalue weighted by Crippen LogP contribution is 2.24. The lowest BCUT2D eigenvalue weighted by Crippen LogP contribution is -2.36. The molecule has 3 heterocycles. The van der Waals surface area contributed by atoms with Gasteiger partial charge in [-0.25, -0.2) is 9.78 Å². The number of aryl methyl sites for hydroxylation is 1. The number of hydrogen-bond donors (Lipinski definition) is 3. The molecule has 5 rings (SSSR count). The third kappa shape index (κ3) is 4.22. The molecule has 9 heteroatoms. The molecular weight excluding hydrogens is 396 g/mol. The Morgan fingerprint density at radius 3 is 2.61 bits per heavy atom. The van der Waals surface area contributed by atoms with Crippen LogP contribution in [0.1, 0.15) is 5.56 Å². The quantitative estimate of drug-likeness (QED) is 0.452. The fourth-order valence-electron chi connectivity index (χ4n) is 3.50. The third-order valence-electron chi connectivity index (χ3n) is 5.15. The molecule has 9 nitrogen and oxygen atoms in total. The molecule has 0 unspecified atom stereocenters. The Kier molecular flexibility index (Phi) is 5.01. The van der Waals surface area contributed by atoms with Gasteiger partial charge in [0.1, 0.15) is 5.82 Å². The van der Waals surface area contributed by atoms with Crippen molar-refractivity contribution in [1.82, 2.24) is 15.0 Å². The van der Waals surface area contributed by atoms with E-state index in [2.05, 4.69) is 42.6 Å². The van der Waals surface area contributed by atoms with Crippen LogP contribution < -0.4 is 21.3 Å². The number of hydrogen-bond acceptors (Lipinski definition) is 8. The van der Waals surface area contributed by atoms with Crippen LogP contribution in [-0.2, 0) is 4.74 Å². The Labute approximate surface area is 178 Å². The van der Waals surface area contributed by atoms with Crippen LogP contribution in [0.4, 0.5) is 28.8 Å². The van der Waals surface area contributed by atoms with E-state index in [1.165, 1.54) is 5.69 Å². The van der Waals surface area contributed by atoms with Gasteiger partial charge in [0.05, 0.1) is 18.7 Å². The van der Waals surface area contributed by atoms with Crippen LogP contribution in [0.5, 0.6) is 0 Å². The standard InChI is InChI=1S/C22H22N6O3/c1-14-13-23-21(25-15-2-5-17(6-3-15)28-8-10-30-11-9-28)27-20(14)24-16-4-7-19-18(12-16)26-22(29)31-19/h2-7,12-13H,8-11H2,1H3,(H,26,29)(H2,23,24,25,27). The first-order valence-corrected chi connectivity index (χ1v) is 10.1. The number of aromatic nitrogens is 3. The third-order valence-corrected chi connectivity index (χ3v) is 5.15. The zero-order valence-electron chi connectivity index (χ0n) is 17.0. The molecule has 1 aliphatic rings. The molecule has 0 amide bonds. The second-order valence-corrected chi connectivity index (χ2v) is 7.35. The Balaban J connectivity index is 1.32. The van der Waals surface area contributed by atoms with Crippen molar-refractivity contribution in [2.24, 2.45) is 0 Å². The lowest BCUT2D eigenvalue weighted by molar-refractivity contribution is 0.122. The number of ether oxygens (including phenoxy) is 1. The van der Waals surface area contributed by atoms with Crippen molar-refractivity contribution in [2.75, 3.05) is 41.8 Å². The first kappa shape index (κ1) is 19.1. The average Bonchev–Trinajstić information content (AvgIpc) is 3.16. The molecule has 0 bridgehead atoms. The lowest BCUT2D eigenvalue weighted by Gasteiger charge is -2.28. The van der Waals surface area contributed by atoms with Gasteiger partial charge in [-0.15, -0.1) is 0 Å². The number of fused-ring (bicyclic) bond motifs is 1. The second kappa shape index (κ2) is 8.11. The fourth-order valence-corrected chi connectivity index (χ4v) is 3.50. The highest BCUT2D eigenvalue weighted by Gasteiger charge is 2.11. The van der Waals surface area contributed by atoms with Crippen LogP contribution >= 0.6 is 0 Å². The summed E-state index contributed by atoms with van der Waals surface area (Å²) in [6.07, 6.45) is 1.76. The van der Waals surface area contributed by atoms with E-state index in [4.69, 9.17) is 9.15 Å². The largest absolute Gasteiger partial charge is 0.417 e. The minimum atomic E-state index is -0.475. The number of nitrogens with zero attached hydrogens (tertiary/aromatic N) is 3. The van der Waals surface area contributed by atoms with E-state index >= 15 is 0 Å². The van der Waals surface area contributed by atoms with Crippen LogP contribution in [-0.4, -0.2) is 41.3 Å². The normalized spacial score (nSPS) is 14.0. The van der Waals surface area contributed by atoms with Gasteiger partial charge in [0.15, 0.2) is 5.58 Å². The van der Waals surface area contributed by atoms with Gasteiger partial charge >= 0.3 is 5.76 Å². The number of anilines is 5. The summed E-state index contributed by atoms with van der Waals surface area (Å²) in [5.74, 6) is 0.689. The Hall–Kier alpha value is -3.85. The van der Waals surface area contributed by atoms with Gasteiger partial charge in [0.25, 0.3) is 0 Å². The maximum Gasteiger partial charge on any atom is 0.417 e. The molecule has 2 aromatic heterocycles. The topological polar surface area (TPSA) is 108 Å². The molecule has 0 aliphatic carbocycles. The summed E-state index contributed by atoms with van der Waals surface area (Å²) in [6.45, 7) is 5.26. The zero-order valence-corrected chi connectivity index (χ0v) is 17.0. The van der Waals surface area contributed by atoms with Gasteiger partial charge in [-0.3, -0.25) is 4.98 Å². The first-order chi connectivity index (χ1) is 15.1. The summed E-state index contributed by atoms with van der Waals surface area (Å²) >= 11 is 0. The molecule has 4 aromatic rings. The maximum atomic E-state index is 11.4. The van der Waals surface area contributed by atoms with Gasteiger partial charge in [0.2, 0.25) is 5.95 Å². The van der Waals surface area contributed by atoms with Crippen LogP contribution in [0.25, 0.3) is 11.1 Å². The van der Waals surface area contributed by atoms with Crippen LogP contribution in [0.3, 0.4) is 0 Å². The monoisotopic (exact) mass is 418 g/mol. The number of rotatable bonds is 5.